The standard InChI is InChI=1S/C12H23N3O2/c1-9(13-3)12(17)15-6-4-11(5-7-15)8-14-10(2)16/h9,11,13H,4-8H2,1-3H3,(H,14,16). The minimum absolute atomic E-state index is 0.0207. The molecule has 0 saturated carbocycles. The summed E-state index contributed by atoms with van der Waals surface area (Å²) in [5.74, 6) is 0.700. The molecule has 1 aliphatic rings. The summed E-state index contributed by atoms with van der Waals surface area (Å²) < 4.78 is 0. The second-order valence-corrected chi connectivity index (χ2v) is 4.72. The molecule has 1 atom stereocenters. The average molecular weight is 241 g/mol. The number of likely N-dealkylation sites (N-methyl/N-ethyl adjacent to an activating group) is 1. The van der Waals surface area contributed by atoms with Crippen LogP contribution in [0, 0.1) is 5.92 Å². The third kappa shape index (κ3) is 4.34. The Balaban J connectivity index is 2.30. The molecule has 0 spiro atoms. The molecule has 1 unspecified atom stereocenters. The van der Waals surface area contributed by atoms with Crippen molar-refractivity contribution in [3.05, 3.63) is 0 Å². The maximum atomic E-state index is 11.9. The van der Waals surface area contributed by atoms with Crippen LogP contribution in [0.4, 0.5) is 0 Å². The summed E-state index contributed by atoms with van der Waals surface area (Å²) in [6.45, 7) is 5.75. The Morgan fingerprint density at radius 1 is 1.35 bits per heavy atom. The Kier molecular flexibility index (Phi) is 5.41. The molecule has 0 aromatic rings. The van der Waals surface area contributed by atoms with E-state index < -0.39 is 0 Å². The van der Waals surface area contributed by atoms with Gasteiger partial charge in [-0.1, -0.05) is 0 Å². The third-order valence-corrected chi connectivity index (χ3v) is 3.37. The van der Waals surface area contributed by atoms with Gasteiger partial charge < -0.3 is 15.5 Å². The molecule has 0 aliphatic carbocycles. The van der Waals surface area contributed by atoms with Gasteiger partial charge in [-0.05, 0) is 32.7 Å². The van der Waals surface area contributed by atoms with Gasteiger partial charge in [0, 0.05) is 26.6 Å². The SMILES string of the molecule is CNC(C)C(=O)N1CCC(CNC(C)=O)CC1. The highest BCUT2D eigenvalue weighted by atomic mass is 16.2. The minimum Gasteiger partial charge on any atom is -0.356 e. The van der Waals surface area contributed by atoms with Crippen molar-refractivity contribution in [2.45, 2.75) is 32.7 Å². The smallest absolute Gasteiger partial charge is 0.239 e. The van der Waals surface area contributed by atoms with Crippen LogP contribution in [0.1, 0.15) is 26.7 Å². The van der Waals surface area contributed by atoms with Crippen molar-refractivity contribution in [1.82, 2.24) is 15.5 Å². The van der Waals surface area contributed by atoms with Gasteiger partial charge in [0.25, 0.3) is 0 Å². The number of piperidine rings is 1. The molecule has 17 heavy (non-hydrogen) atoms. The zero-order valence-corrected chi connectivity index (χ0v) is 11.0. The molecular weight excluding hydrogens is 218 g/mol. The molecule has 1 rings (SSSR count). The highest BCUT2D eigenvalue weighted by molar-refractivity contribution is 5.81. The first-order valence-electron chi connectivity index (χ1n) is 6.25. The fourth-order valence-electron chi connectivity index (χ4n) is 2.04. The van der Waals surface area contributed by atoms with Gasteiger partial charge in [-0.15, -0.1) is 0 Å². The molecular formula is C12H23N3O2. The van der Waals surface area contributed by atoms with Crippen LogP contribution in [-0.4, -0.2) is 49.4 Å². The van der Waals surface area contributed by atoms with E-state index in [0.29, 0.717) is 5.92 Å². The summed E-state index contributed by atoms with van der Waals surface area (Å²) in [5, 5.41) is 5.80. The van der Waals surface area contributed by atoms with E-state index in [1.807, 2.05) is 11.8 Å². The predicted molar refractivity (Wildman–Crippen MR) is 66.5 cm³/mol. The van der Waals surface area contributed by atoms with E-state index in [1.165, 1.54) is 6.92 Å². The lowest BCUT2D eigenvalue weighted by Gasteiger charge is -2.33. The molecule has 5 nitrogen and oxygen atoms in total. The number of carbonyl (C=O) groups is 2. The normalized spacial score (nSPS) is 18.9. The fraction of sp³-hybridized carbons (Fsp3) is 0.833. The summed E-state index contributed by atoms with van der Waals surface area (Å²) in [5.41, 5.74) is 0. The third-order valence-electron chi connectivity index (χ3n) is 3.37. The summed E-state index contributed by atoms with van der Waals surface area (Å²) in [7, 11) is 1.80. The Labute approximate surface area is 103 Å². The first kappa shape index (κ1) is 14.0. The van der Waals surface area contributed by atoms with Crippen molar-refractivity contribution in [3.63, 3.8) is 0 Å². The van der Waals surface area contributed by atoms with Crippen molar-refractivity contribution < 1.29 is 9.59 Å². The number of likely N-dealkylation sites (tertiary alicyclic amines) is 1. The number of hydrogen-bond donors (Lipinski definition) is 2. The molecule has 0 radical (unpaired) electrons. The number of hydrogen-bond acceptors (Lipinski definition) is 3. The Bertz CT molecular complexity index is 273. The maximum Gasteiger partial charge on any atom is 0.239 e. The minimum atomic E-state index is -0.109. The topological polar surface area (TPSA) is 61.4 Å². The summed E-state index contributed by atoms with van der Waals surface area (Å²) in [4.78, 5) is 24.6. The number of nitrogens with zero attached hydrogens (tertiary/aromatic N) is 1. The van der Waals surface area contributed by atoms with Crippen molar-refractivity contribution >= 4 is 11.8 Å². The Morgan fingerprint density at radius 3 is 2.41 bits per heavy atom. The predicted octanol–water partition coefficient (Wildman–Crippen LogP) is -0.0310. The second-order valence-electron chi connectivity index (χ2n) is 4.72. The van der Waals surface area contributed by atoms with E-state index in [-0.39, 0.29) is 17.9 Å². The van der Waals surface area contributed by atoms with Crippen LogP contribution in [0.3, 0.4) is 0 Å². The average Bonchev–Trinajstić information content (AvgIpc) is 2.35. The zero-order valence-electron chi connectivity index (χ0n) is 11.0. The van der Waals surface area contributed by atoms with Gasteiger partial charge in [0.15, 0.2) is 0 Å². The zero-order chi connectivity index (χ0) is 12.8. The quantitative estimate of drug-likeness (QED) is 0.726. The van der Waals surface area contributed by atoms with Gasteiger partial charge in [-0.2, -0.15) is 0 Å². The highest BCUT2D eigenvalue weighted by Crippen LogP contribution is 2.16. The van der Waals surface area contributed by atoms with Gasteiger partial charge in [0.05, 0.1) is 6.04 Å². The van der Waals surface area contributed by atoms with E-state index in [2.05, 4.69) is 10.6 Å². The summed E-state index contributed by atoms with van der Waals surface area (Å²) in [6, 6.07) is -0.109. The fourth-order valence-corrected chi connectivity index (χ4v) is 2.04. The lowest BCUT2D eigenvalue weighted by Crippen LogP contribution is -2.48. The first-order valence-corrected chi connectivity index (χ1v) is 6.25. The number of amides is 2. The molecule has 1 fully saturated rings. The van der Waals surface area contributed by atoms with Crippen LogP contribution >= 0.6 is 0 Å². The molecule has 1 heterocycles. The molecule has 5 heteroatoms. The lowest BCUT2D eigenvalue weighted by atomic mass is 9.96. The number of carbonyl (C=O) groups excluding carboxylic acids is 2. The number of rotatable bonds is 4. The monoisotopic (exact) mass is 241 g/mol. The van der Waals surface area contributed by atoms with Crippen LogP contribution in [0.2, 0.25) is 0 Å². The Morgan fingerprint density at radius 2 is 1.94 bits per heavy atom. The molecule has 1 aliphatic heterocycles. The molecule has 2 amide bonds. The van der Waals surface area contributed by atoms with Gasteiger partial charge in [0.2, 0.25) is 11.8 Å². The van der Waals surface area contributed by atoms with E-state index >= 15 is 0 Å². The van der Waals surface area contributed by atoms with Crippen LogP contribution in [0.15, 0.2) is 0 Å². The molecule has 1 saturated heterocycles. The van der Waals surface area contributed by atoms with Gasteiger partial charge >= 0.3 is 0 Å². The first-order chi connectivity index (χ1) is 8.04. The van der Waals surface area contributed by atoms with Gasteiger partial charge in [-0.3, -0.25) is 9.59 Å². The molecule has 98 valence electrons. The highest BCUT2D eigenvalue weighted by Gasteiger charge is 2.25. The molecule has 0 aromatic carbocycles. The lowest BCUT2D eigenvalue weighted by molar-refractivity contribution is -0.134. The van der Waals surface area contributed by atoms with E-state index in [4.69, 9.17) is 0 Å². The van der Waals surface area contributed by atoms with E-state index in [0.717, 1.165) is 32.5 Å². The number of nitrogens with one attached hydrogen (secondary N) is 2. The van der Waals surface area contributed by atoms with Crippen molar-refractivity contribution in [3.8, 4) is 0 Å². The maximum absolute atomic E-state index is 11.9. The molecule has 0 aromatic heterocycles. The second kappa shape index (κ2) is 6.59. The summed E-state index contributed by atoms with van der Waals surface area (Å²) in [6.07, 6.45) is 1.95. The van der Waals surface area contributed by atoms with Crippen LogP contribution < -0.4 is 10.6 Å². The van der Waals surface area contributed by atoms with E-state index in [9.17, 15) is 9.59 Å². The Hall–Kier alpha value is -1.10. The molecule has 2 N–H and O–H groups in total. The van der Waals surface area contributed by atoms with Gasteiger partial charge in [-0.25, -0.2) is 0 Å². The summed E-state index contributed by atoms with van der Waals surface area (Å²) >= 11 is 0. The van der Waals surface area contributed by atoms with Crippen LogP contribution in [-0.2, 0) is 9.59 Å². The van der Waals surface area contributed by atoms with Crippen molar-refractivity contribution in [1.29, 1.82) is 0 Å². The van der Waals surface area contributed by atoms with Crippen molar-refractivity contribution in [2.75, 3.05) is 26.7 Å². The van der Waals surface area contributed by atoms with E-state index in [1.54, 1.807) is 7.05 Å². The van der Waals surface area contributed by atoms with Gasteiger partial charge in [0.1, 0.15) is 0 Å². The van der Waals surface area contributed by atoms with Crippen LogP contribution in [0.5, 0.6) is 0 Å². The largest absolute Gasteiger partial charge is 0.356 e. The molecule has 0 bridgehead atoms. The van der Waals surface area contributed by atoms with Crippen molar-refractivity contribution in [2.24, 2.45) is 5.92 Å². The van der Waals surface area contributed by atoms with Crippen LogP contribution in [0.25, 0.3) is 0 Å².